The van der Waals surface area contributed by atoms with Crippen molar-refractivity contribution < 1.29 is 23.1 Å². The minimum Gasteiger partial charge on any atom is -0.507 e. The highest BCUT2D eigenvalue weighted by Gasteiger charge is 2.39. The van der Waals surface area contributed by atoms with Crippen LogP contribution in [0.2, 0.25) is 0 Å². The molecule has 1 atom stereocenters. The van der Waals surface area contributed by atoms with Crippen molar-refractivity contribution in [2.45, 2.75) is 37.1 Å². The lowest BCUT2D eigenvalue weighted by Gasteiger charge is -2.33. The van der Waals surface area contributed by atoms with Gasteiger partial charge < -0.3 is 9.84 Å². The molecule has 7 heteroatoms. The van der Waals surface area contributed by atoms with E-state index in [0.717, 1.165) is 10.7 Å². The number of para-hydroxylation sites is 1. The van der Waals surface area contributed by atoms with Gasteiger partial charge in [0.05, 0.1) is 6.61 Å². The van der Waals surface area contributed by atoms with Crippen molar-refractivity contribution in [3.8, 4) is 5.75 Å². The normalized spacial score (nSPS) is 20.1. The van der Waals surface area contributed by atoms with E-state index in [1.54, 1.807) is 13.0 Å². The molecule has 0 aliphatic carbocycles. The zero-order chi connectivity index (χ0) is 15.5. The summed E-state index contributed by atoms with van der Waals surface area (Å²) in [5, 5.41) is 9.78. The molecular weight excluding hydrogens is 294 g/mol. The van der Waals surface area contributed by atoms with Crippen LogP contribution in [0.25, 0.3) is 0 Å². The first kappa shape index (κ1) is 15.8. The molecule has 6 nitrogen and oxygen atoms in total. The number of phenols is 1. The van der Waals surface area contributed by atoms with Gasteiger partial charge in [-0.2, -0.15) is 4.31 Å². The predicted molar refractivity (Wildman–Crippen MR) is 76.3 cm³/mol. The van der Waals surface area contributed by atoms with Gasteiger partial charge in [-0.3, -0.25) is 4.79 Å². The fourth-order valence-electron chi connectivity index (χ4n) is 2.47. The van der Waals surface area contributed by atoms with Crippen LogP contribution in [0.3, 0.4) is 0 Å². The lowest BCUT2D eigenvalue weighted by Crippen LogP contribution is -2.48. The van der Waals surface area contributed by atoms with Gasteiger partial charge in [0.25, 0.3) is 0 Å². The third-order valence-corrected chi connectivity index (χ3v) is 5.42. The lowest BCUT2D eigenvalue weighted by molar-refractivity contribution is -0.148. The Morgan fingerprint density at radius 3 is 2.76 bits per heavy atom. The number of esters is 1. The van der Waals surface area contributed by atoms with E-state index in [2.05, 4.69) is 0 Å². The number of aromatic hydroxyl groups is 1. The molecule has 1 saturated heterocycles. The Balaban J connectivity index is 2.36. The van der Waals surface area contributed by atoms with Gasteiger partial charge in [-0.1, -0.05) is 12.1 Å². The van der Waals surface area contributed by atoms with E-state index in [-0.39, 0.29) is 23.8 Å². The first-order valence-corrected chi connectivity index (χ1v) is 8.39. The maximum atomic E-state index is 12.7. The first-order valence-electron chi connectivity index (χ1n) is 6.95. The lowest BCUT2D eigenvalue weighted by atomic mass is 10.1. The number of piperidine rings is 1. The fraction of sp³-hybridized carbons (Fsp3) is 0.500. The quantitative estimate of drug-likeness (QED) is 0.852. The third-order valence-electron chi connectivity index (χ3n) is 3.46. The van der Waals surface area contributed by atoms with Gasteiger partial charge in [-0.05, 0) is 38.3 Å². The van der Waals surface area contributed by atoms with Crippen LogP contribution in [0.1, 0.15) is 26.2 Å². The van der Waals surface area contributed by atoms with Crippen molar-refractivity contribution in [2.75, 3.05) is 13.2 Å². The summed E-state index contributed by atoms with van der Waals surface area (Å²) in [6.45, 7) is 2.14. The van der Waals surface area contributed by atoms with E-state index < -0.39 is 22.0 Å². The smallest absolute Gasteiger partial charge is 0.324 e. The highest BCUT2D eigenvalue weighted by atomic mass is 32.2. The average Bonchev–Trinajstić information content (AvgIpc) is 2.48. The summed E-state index contributed by atoms with van der Waals surface area (Å²) in [6.07, 6.45) is 1.89. The molecule has 116 valence electrons. The molecule has 1 aliphatic heterocycles. The Hall–Kier alpha value is -1.60. The molecule has 0 aromatic heterocycles. The molecule has 0 saturated carbocycles. The number of ether oxygens (including phenoxy) is 1. The zero-order valence-electron chi connectivity index (χ0n) is 11.9. The first-order chi connectivity index (χ1) is 9.98. The van der Waals surface area contributed by atoms with Gasteiger partial charge in [-0.25, -0.2) is 8.42 Å². The molecule has 1 unspecified atom stereocenters. The van der Waals surface area contributed by atoms with Crippen LogP contribution in [0, 0.1) is 0 Å². The Morgan fingerprint density at radius 2 is 2.10 bits per heavy atom. The zero-order valence-corrected chi connectivity index (χ0v) is 12.7. The van der Waals surface area contributed by atoms with Crippen molar-refractivity contribution in [3.05, 3.63) is 24.3 Å². The van der Waals surface area contributed by atoms with E-state index in [0.29, 0.717) is 12.8 Å². The number of carbonyl (C=O) groups excluding carboxylic acids is 1. The molecule has 1 aromatic carbocycles. The number of sulfonamides is 1. The average molecular weight is 313 g/mol. The highest BCUT2D eigenvalue weighted by molar-refractivity contribution is 7.89. The molecule has 1 aromatic rings. The third kappa shape index (κ3) is 3.19. The van der Waals surface area contributed by atoms with E-state index >= 15 is 0 Å². The van der Waals surface area contributed by atoms with Crippen molar-refractivity contribution in [1.82, 2.24) is 4.31 Å². The SMILES string of the molecule is CCOC(=O)C1CCCCN1S(=O)(=O)c1ccccc1O. The van der Waals surface area contributed by atoms with Gasteiger partial charge in [0, 0.05) is 6.54 Å². The van der Waals surface area contributed by atoms with Crippen molar-refractivity contribution >= 4 is 16.0 Å². The Kier molecular flexibility index (Phi) is 4.84. The predicted octanol–water partition coefficient (Wildman–Crippen LogP) is 1.50. The molecule has 0 radical (unpaired) electrons. The summed E-state index contributed by atoms with van der Waals surface area (Å²) >= 11 is 0. The van der Waals surface area contributed by atoms with Crippen LogP contribution in [0.15, 0.2) is 29.2 Å². The minimum absolute atomic E-state index is 0.179. The molecule has 0 spiro atoms. The molecule has 1 N–H and O–H groups in total. The number of hydrogen-bond donors (Lipinski definition) is 1. The van der Waals surface area contributed by atoms with E-state index in [4.69, 9.17) is 4.74 Å². The van der Waals surface area contributed by atoms with Crippen LogP contribution < -0.4 is 0 Å². The standard InChI is InChI=1S/C14H19NO5S/c1-2-20-14(17)11-7-5-6-10-15(11)21(18,19)13-9-4-3-8-12(13)16/h3-4,8-9,11,16H,2,5-7,10H2,1H3. The van der Waals surface area contributed by atoms with Crippen molar-refractivity contribution in [2.24, 2.45) is 0 Å². The van der Waals surface area contributed by atoms with Crippen LogP contribution >= 0.6 is 0 Å². The number of benzene rings is 1. The summed E-state index contributed by atoms with van der Waals surface area (Å²) < 4.78 is 31.5. The summed E-state index contributed by atoms with van der Waals surface area (Å²) in [6, 6.07) is 4.92. The molecule has 0 amide bonds. The number of rotatable bonds is 4. The van der Waals surface area contributed by atoms with Gasteiger partial charge in [-0.15, -0.1) is 0 Å². The van der Waals surface area contributed by atoms with Crippen LogP contribution in [-0.2, 0) is 19.6 Å². The van der Waals surface area contributed by atoms with Gasteiger partial charge >= 0.3 is 5.97 Å². The number of phenolic OH excluding ortho intramolecular Hbond substituents is 1. The number of nitrogens with zero attached hydrogens (tertiary/aromatic N) is 1. The molecule has 1 aliphatic rings. The summed E-state index contributed by atoms with van der Waals surface area (Å²) in [4.78, 5) is 11.8. The summed E-state index contributed by atoms with van der Waals surface area (Å²) in [7, 11) is -3.92. The minimum atomic E-state index is -3.92. The maximum Gasteiger partial charge on any atom is 0.324 e. The second-order valence-corrected chi connectivity index (χ2v) is 6.71. The van der Waals surface area contributed by atoms with Crippen LogP contribution in [-0.4, -0.2) is 43.0 Å². The molecule has 1 fully saturated rings. The largest absolute Gasteiger partial charge is 0.507 e. The van der Waals surface area contributed by atoms with Crippen molar-refractivity contribution in [3.63, 3.8) is 0 Å². The number of carbonyl (C=O) groups is 1. The molecule has 1 heterocycles. The van der Waals surface area contributed by atoms with E-state index in [1.807, 2.05) is 0 Å². The second-order valence-electron chi connectivity index (χ2n) is 4.85. The molecule has 0 bridgehead atoms. The highest BCUT2D eigenvalue weighted by Crippen LogP contribution is 2.30. The summed E-state index contributed by atoms with van der Waals surface area (Å²) in [5.74, 6) is -0.845. The molecule has 2 rings (SSSR count). The summed E-state index contributed by atoms with van der Waals surface area (Å²) in [5.41, 5.74) is 0. The van der Waals surface area contributed by atoms with Gasteiger partial charge in [0.1, 0.15) is 16.7 Å². The second kappa shape index (κ2) is 6.44. The Bertz CT molecular complexity index is 614. The topological polar surface area (TPSA) is 83.9 Å². The number of hydrogen-bond acceptors (Lipinski definition) is 5. The van der Waals surface area contributed by atoms with Crippen LogP contribution in [0.4, 0.5) is 0 Å². The van der Waals surface area contributed by atoms with Crippen LogP contribution in [0.5, 0.6) is 5.75 Å². The van der Waals surface area contributed by atoms with Gasteiger partial charge in [0.15, 0.2) is 0 Å². The van der Waals surface area contributed by atoms with Gasteiger partial charge in [0.2, 0.25) is 10.0 Å². The maximum absolute atomic E-state index is 12.7. The van der Waals surface area contributed by atoms with E-state index in [1.165, 1.54) is 18.2 Å². The van der Waals surface area contributed by atoms with E-state index in [9.17, 15) is 18.3 Å². The molecular formula is C14H19NO5S. The van der Waals surface area contributed by atoms with Crippen molar-refractivity contribution in [1.29, 1.82) is 0 Å². The monoisotopic (exact) mass is 313 g/mol. The molecule has 21 heavy (non-hydrogen) atoms. The Morgan fingerprint density at radius 1 is 1.38 bits per heavy atom. The fourth-order valence-corrected chi connectivity index (χ4v) is 4.20. The Labute approximate surface area is 124 Å².